The van der Waals surface area contributed by atoms with Crippen molar-refractivity contribution in [2.45, 2.75) is 32.7 Å². The smallest absolute Gasteiger partial charge is 0.239 e. The summed E-state index contributed by atoms with van der Waals surface area (Å²) in [5, 5.41) is 2.47. The van der Waals surface area contributed by atoms with Gasteiger partial charge in [0.25, 0.3) is 0 Å². The van der Waals surface area contributed by atoms with Crippen molar-refractivity contribution in [3.63, 3.8) is 0 Å². The highest BCUT2D eigenvalue weighted by molar-refractivity contribution is 5.86. The molecule has 0 fully saturated rings. The normalized spacial score (nSPS) is 12.2. The van der Waals surface area contributed by atoms with Gasteiger partial charge in [0, 0.05) is 6.42 Å². The molecule has 3 N–H and O–H groups in total. The van der Waals surface area contributed by atoms with E-state index < -0.39 is 11.9 Å². The van der Waals surface area contributed by atoms with Crippen molar-refractivity contribution in [1.82, 2.24) is 5.32 Å². The molecule has 1 atom stereocenters. The Kier molecular flexibility index (Phi) is 4.26. The molecule has 0 saturated heterocycles. The Bertz CT molecular complexity index is 157. The van der Waals surface area contributed by atoms with Gasteiger partial charge in [0.05, 0.1) is 0 Å². The van der Waals surface area contributed by atoms with Gasteiger partial charge in [-0.3, -0.25) is 9.59 Å². The van der Waals surface area contributed by atoms with Crippen LogP contribution >= 0.6 is 0 Å². The van der Waals surface area contributed by atoms with Crippen molar-refractivity contribution in [2.75, 3.05) is 0 Å². The van der Waals surface area contributed by atoms with Crippen molar-refractivity contribution in [1.29, 1.82) is 0 Å². The van der Waals surface area contributed by atoms with Crippen LogP contribution in [0.1, 0.15) is 26.7 Å². The van der Waals surface area contributed by atoms with Gasteiger partial charge in [-0.2, -0.15) is 0 Å². The van der Waals surface area contributed by atoms with E-state index in [1.54, 1.807) is 6.92 Å². The fourth-order valence-electron chi connectivity index (χ4n) is 0.612. The second-order valence-corrected chi connectivity index (χ2v) is 2.44. The van der Waals surface area contributed by atoms with Crippen LogP contribution < -0.4 is 11.1 Å². The number of hydrogen-bond donors (Lipinski definition) is 2. The third kappa shape index (κ3) is 4.36. The van der Waals surface area contributed by atoms with Crippen molar-refractivity contribution in [3.8, 4) is 0 Å². The highest BCUT2D eigenvalue weighted by Crippen LogP contribution is 1.87. The minimum absolute atomic E-state index is 0.126. The van der Waals surface area contributed by atoms with E-state index in [9.17, 15) is 9.59 Å². The number of amides is 2. The van der Waals surface area contributed by atoms with Crippen LogP contribution in [-0.2, 0) is 9.59 Å². The van der Waals surface area contributed by atoms with Gasteiger partial charge in [-0.15, -0.1) is 0 Å². The first kappa shape index (κ1) is 9.94. The quantitative estimate of drug-likeness (QED) is 0.593. The number of carbonyl (C=O) groups is 2. The highest BCUT2D eigenvalue weighted by Gasteiger charge is 2.10. The van der Waals surface area contributed by atoms with Crippen molar-refractivity contribution in [3.05, 3.63) is 0 Å². The Hall–Kier alpha value is -1.06. The molecule has 0 aromatic carbocycles. The maximum absolute atomic E-state index is 10.8. The maximum atomic E-state index is 10.8. The Labute approximate surface area is 66.1 Å². The summed E-state index contributed by atoms with van der Waals surface area (Å²) < 4.78 is 0. The van der Waals surface area contributed by atoms with Gasteiger partial charge in [-0.1, -0.05) is 6.92 Å². The summed E-state index contributed by atoms with van der Waals surface area (Å²) in [6, 6.07) is -0.561. The van der Waals surface area contributed by atoms with Crippen LogP contribution in [0.4, 0.5) is 0 Å². The van der Waals surface area contributed by atoms with Gasteiger partial charge < -0.3 is 11.1 Å². The molecule has 0 aliphatic carbocycles. The first-order valence-electron chi connectivity index (χ1n) is 3.66. The lowest BCUT2D eigenvalue weighted by Crippen LogP contribution is -2.42. The fourth-order valence-corrected chi connectivity index (χ4v) is 0.612. The van der Waals surface area contributed by atoms with Crippen LogP contribution in [0.5, 0.6) is 0 Å². The Morgan fingerprint density at radius 3 is 2.45 bits per heavy atom. The zero-order valence-electron chi connectivity index (χ0n) is 6.89. The molecule has 0 heterocycles. The molecule has 0 radical (unpaired) electrons. The van der Waals surface area contributed by atoms with Gasteiger partial charge in [-0.05, 0) is 13.3 Å². The molecule has 0 aliphatic rings. The lowest BCUT2D eigenvalue weighted by molar-refractivity contribution is -0.127. The van der Waals surface area contributed by atoms with Gasteiger partial charge in [0.1, 0.15) is 6.04 Å². The van der Waals surface area contributed by atoms with E-state index in [1.807, 2.05) is 6.92 Å². The molecule has 0 bridgehead atoms. The molecular formula is C7H14N2O2. The first-order valence-corrected chi connectivity index (χ1v) is 3.66. The van der Waals surface area contributed by atoms with Gasteiger partial charge in [-0.25, -0.2) is 0 Å². The molecule has 0 aromatic rings. The molecule has 0 aliphatic heterocycles. The lowest BCUT2D eigenvalue weighted by Gasteiger charge is -2.08. The lowest BCUT2D eigenvalue weighted by atomic mass is 10.3. The maximum Gasteiger partial charge on any atom is 0.239 e. The van der Waals surface area contributed by atoms with E-state index in [-0.39, 0.29) is 5.91 Å². The van der Waals surface area contributed by atoms with Gasteiger partial charge in [0.15, 0.2) is 0 Å². The summed E-state index contributed by atoms with van der Waals surface area (Å²) in [4.78, 5) is 21.3. The van der Waals surface area contributed by atoms with Gasteiger partial charge in [0.2, 0.25) is 11.8 Å². The Morgan fingerprint density at radius 2 is 2.09 bits per heavy atom. The number of nitrogens with two attached hydrogens (primary N) is 1. The van der Waals surface area contributed by atoms with Crippen molar-refractivity contribution < 1.29 is 9.59 Å². The Morgan fingerprint density at radius 1 is 1.55 bits per heavy atom. The average molecular weight is 158 g/mol. The Balaban J connectivity index is 3.66. The second-order valence-electron chi connectivity index (χ2n) is 2.44. The molecule has 64 valence electrons. The average Bonchev–Trinajstić information content (AvgIpc) is 1.87. The van der Waals surface area contributed by atoms with E-state index in [1.165, 1.54) is 0 Å². The zero-order chi connectivity index (χ0) is 8.85. The van der Waals surface area contributed by atoms with E-state index in [0.29, 0.717) is 6.42 Å². The van der Waals surface area contributed by atoms with Crippen LogP contribution in [0.3, 0.4) is 0 Å². The summed E-state index contributed by atoms with van der Waals surface area (Å²) in [7, 11) is 0. The van der Waals surface area contributed by atoms with Crippen molar-refractivity contribution in [2.24, 2.45) is 5.73 Å². The minimum Gasteiger partial charge on any atom is -0.368 e. The molecule has 0 spiro atoms. The largest absolute Gasteiger partial charge is 0.368 e. The number of primary amides is 1. The van der Waals surface area contributed by atoms with E-state index >= 15 is 0 Å². The summed E-state index contributed by atoms with van der Waals surface area (Å²) in [5.41, 5.74) is 4.93. The monoisotopic (exact) mass is 158 g/mol. The summed E-state index contributed by atoms with van der Waals surface area (Å²) >= 11 is 0. The topological polar surface area (TPSA) is 72.2 Å². The molecule has 2 amide bonds. The number of rotatable bonds is 4. The SMILES string of the molecule is CCCC(=O)NC(C)C(N)=O. The standard InChI is InChI=1S/C7H14N2O2/c1-3-4-6(10)9-5(2)7(8)11/h5H,3-4H2,1-2H3,(H2,8,11)(H,9,10). The molecule has 11 heavy (non-hydrogen) atoms. The number of nitrogens with one attached hydrogen (secondary N) is 1. The molecule has 1 unspecified atom stereocenters. The number of hydrogen-bond acceptors (Lipinski definition) is 2. The molecule has 0 aromatic heterocycles. The summed E-state index contributed by atoms with van der Waals surface area (Å²) in [5.74, 6) is -0.631. The van der Waals surface area contributed by atoms with Crippen LogP contribution in [-0.4, -0.2) is 17.9 Å². The highest BCUT2D eigenvalue weighted by atomic mass is 16.2. The van der Waals surface area contributed by atoms with E-state index in [0.717, 1.165) is 6.42 Å². The van der Waals surface area contributed by atoms with E-state index in [2.05, 4.69) is 5.32 Å². The predicted molar refractivity (Wildman–Crippen MR) is 41.7 cm³/mol. The van der Waals surface area contributed by atoms with Crippen LogP contribution in [0.25, 0.3) is 0 Å². The third-order valence-corrected chi connectivity index (χ3v) is 1.28. The van der Waals surface area contributed by atoms with Crippen LogP contribution in [0, 0.1) is 0 Å². The molecule has 0 rings (SSSR count). The second kappa shape index (κ2) is 4.71. The van der Waals surface area contributed by atoms with Crippen LogP contribution in [0.15, 0.2) is 0 Å². The van der Waals surface area contributed by atoms with Gasteiger partial charge >= 0.3 is 0 Å². The zero-order valence-corrected chi connectivity index (χ0v) is 6.89. The third-order valence-electron chi connectivity index (χ3n) is 1.28. The first-order chi connectivity index (χ1) is 5.07. The van der Waals surface area contributed by atoms with Crippen LogP contribution in [0.2, 0.25) is 0 Å². The molecule has 0 saturated carbocycles. The van der Waals surface area contributed by atoms with E-state index in [4.69, 9.17) is 5.73 Å². The predicted octanol–water partition coefficient (Wildman–Crippen LogP) is -0.223. The minimum atomic E-state index is -0.561. The summed E-state index contributed by atoms with van der Waals surface area (Å²) in [6.45, 7) is 3.46. The molecule has 4 nitrogen and oxygen atoms in total. The fraction of sp³-hybridized carbons (Fsp3) is 0.714. The summed E-state index contributed by atoms with van der Waals surface area (Å²) in [6.07, 6.45) is 1.22. The molecule has 4 heteroatoms. The molecular weight excluding hydrogens is 144 g/mol. The van der Waals surface area contributed by atoms with Crippen molar-refractivity contribution >= 4 is 11.8 Å². The number of carbonyl (C=O) groups excluding carboxylic acids is 2.